The van der Waals surface area contributed by atoms with Gasteiger partial charge in [-0.25, -0.2) is 0 Å². The number of hydrogen-bond donors (Lipinski definition) is 3. The van der Waals surface area contributed by atoms with Crippen LogP contribution in [0.5, 0.6) is 5.75 Å². The topological polar surface area (TPSA) is 69.9 Å². The summed E-state index contributed by atoms with van der Waals surface area (Å²) in [5, 5.41) is 24.8. The molecule has 4 nitrogen and oxygen atoms in total. The molecule has 3 N–H and O–H groups in total. The molecule has 0 heterocycles. The molecule has 0 fully saturated rings. The summed E-state index contributed by atoms with van der Waals surface area (Å²) >= 11 is 0. The predicted octanol–water partition coefficient (Wildman–Crippen LogP) is 0.763. The molecule has 4 heteroatoms. The lowest BCUT2D eigenvalue weighted by Crippen LogP contribution is -2.08. The number of hydrogen-bond acceptors (Lipinski definition) is 4. The molecule has 0 saturated carbocycles. The van der Waals surface area contributed by atoms with E-state index in [1.165, 1.54) is 6.92 Å². The Morgan fingerprint density at radius 3 is 1.93 bits per heavy atom. The number of rotatable bonds is 3. The van der Waals surface area contributed by atoms with E-state index >= 15 is 0 Å². The van der Waals surface area contributed by atoms with Gasteiger partial charge in [0.15, 0.2) is 6.29 Å². The average Bonchev–Trinajstić information content (AvgIpc) is 2.19. The molecule has 0 aliphatic rings. The Balaban J connectivity index is 0.000000336. The van der Waals surface area contributed by atoms with E-state index in [-0.39, 0.29) is 6.61 Å². The monoisotopic (exact) mass is 214 g/mol. The van der Waals surface area contributed by atoms with Gasteiger partial charge >= 0.3 is 0 Å². The average molecular weight is 214 g/mol. The Morgan fingerprint density at radius 1 is 1.13 bits per heavy atom. The van der Waals surface area contributed by atoms with Crippen molar-refractivity contribution in [1.82, 2.24) is 0 Å². The van der Waals surface area contributed by atoms with Crippen molar-refractivity contribution in [2.24, 2.45) is 0 Å². The smallest absolute Gasteiger partial charge is 0.194 e. The van der Waals surface area contributed by atoms with E-state index in [0.29, 0.717) is 5.75 Å². The zero-order valence-corrected chi connectivity index (χ0v) is 9.00. The van der Waals surface area contributed by atoms with Crippen LogP contribution < -0.4 is 4.74 Å². The van der Waals surface area contributed by atoms with Crippen LogP contribution in [0.25, 0.3) is 0 Å². The summed E-state index contributed by atoms with van der Waals surface area (Å²) in [7, 11) is 0. The largest absolute Gasteiger partial charge is 0.465 e. The third-order valence-electron chi connectivity index (χ3n) is 1.31. The van der Waals surface area contributed by atoms with Gasteiger partial charge in [0.05, 0.1) is 12.7 Å². The highest BCUT2D eigenvalue weighted by atomic mass is 16.6. The normalized spacial score (nSPS) is 13.4. The van der Waals surface area contributed by atoms with Crippen LogP contribution in [0.15, 0.2) is 30.3 Å². The lowest BCUT2D eigenvalue weighted by atomic mass is 10.3. The van der Waals surface area contributed by atoms with Crippen molar-refractivity contribution in [2.75, 3.05) is 6.61 Å². The van der Waals surface area contributed by atoms with Crippen LogP contribution in [-0.4, -0.2) is 34.3 Å². The van der Waals surface area contributed by atoms with Crippen molar-refractivity contribution in [2.45, 2.75) is 26.2 Å². The quantitative estimate of drug-likeness (QED) is 0.650. The second kappa shape index (κ2) is 8.23. The van der Waals surface area contributed by atoms with E-state index in [1.807, 2.05) is 18.2 Å². The number of aliphatic hydroxyl groups is 3. The van der Waals surface area contributed by atoms with Crippen molar-refractivity contribution in [3.8, 4) is 5.75 Å². The first kappa shape index (κ1) is 13.9. The number of ether oxygens (including phenoxy) is 1. The fourth-order valence-electron chi connectivity index (χ4n) is 0.696. The molecule has 0 spiro atoms. The second-order valence-corrected chi connectivity index (χ2v) is 3.06. The first-order valence-corrected chi connectivity index (χ1v) is 4.75. The van der Waals surface area contributed by atoms with Crippen molar-refractivity contribution >= 4 is 0 Å². The summed E-state index contributed by atoms with van der Waals surface area (Å²) in [5.41, 5.74) is 0. The van der Waals surface area contributed by atoms with Gasteiger partial charge in [-0.3, -0.25) is 0 Å². The lowest BCUT2D eigenvalue weighted by molar-refractivity contribution is -0.000288. The maximum absolute atomic E-state index is 8.78. The Kier molecular flexibility index (Phi) is 7.62. The van der Waals surface area contributed by atoms with E-state index in [4.69, 9.17) is 20.1 Å². The standard InChI is InChI=1S/C8H10O2.C3H8O2/c1-7(9)10-8-5-3-2-4-6-8;1-3(5)2-4/h2-7,9H,1H3;3-5H,2H2,1H3. The molecule has 0 bridgehead atoms. The Bertz CT molecular complexity index is 234. The van der Waals surface area contributed by atoms with Crippen molar-refractivity contribution < 1.29 is 20.1 Å². The SMILES string of the molecule is CC(O)CO.CC(O)Oc1ccccc1. The summed E-state index contributed by atoms with van der Waals surface area (Å²) in [6.07, 6.45) is -1.29. The third kappa shape index (κ3) is 9.21. The molecule has 0 amide bonds. The van der Waals surface area contributed by atoms with Crippen LogP contribution in [0.4, 0.5) is 0 Å². The Morgan fingerprint density at radius 2 is 1.60 bits per heavy atom. The van der Waals surface area contributed by atoms with Crippen LogP contribution in [0.3, 0.4) is 0 Å². The minimum Gasteiger partial charge on any atom is -0.465 e. The van der Waals surface area contributed by atoms with Crippen LogP contribution >= 0.6 is 0 Å². The molecule has 2 unspecified atom stereocenters. The van der Waals surface area contributed by atoms with Gasteiger partial charge in [0.1, 0.15) is 5.75 Å². The van der Waals surface area contributed by atoms with Gasteiger partial charge in [0, 0.05) is 0 Å². The Labute approximate surface area is 89.8 Å². The van der Waals surface area contributed by atoms with Crippen molar-refractivity contribution in [3.63, 3.8) is 0 Å². The van der Waals surface area contributed by atoms with Gasteiger partial charge in [-0.2, -0.15) is 0 Å². The summed E-state index contributed by atoms with van der Waals surface area (Å²) in [6, 6.07) is 9.21. The highest BCUT2D eigenvalue weighted by molar-refractivity contribution is 5.20. The molecule has 0 radical (unpaired) electrons. The summed E-state index contributed by atoms with van der Waals surface area (Å²) in [6.45, 7) is 2.97. The van der Waals surface area contributed by atoms with Gasteiger partial charge in [-0.15, -0.1) is 0 Å². The van der Waals surface area contributed by atoms with Gasteiger partial charge in [-0.05, 0) is 26.0 Å². The highest BCUT2D eigenvalue weighted by Gasteiger charge is 1.94. The van der Waals surface area contributed by atoms with E-state index in [9.17, 15) is 0 Å². The number of aliphatic hydroxyl groups excluding tert-OH is 3. The maximum Gasteiger partial charge on any atom is 0.194 e. The molecule has 1 rings (SSSR count). The fraction of sp³-hybridized carbons (Fsp3) is 0.455. The lowest BCUT2D eigenvalue weighted by Gasteiger charge is -2.06. The van der Waals surface area contributed by atoms with Crippen molar-refractivity contribution in [3.05, 3.63) is 30.3 Å². The summed E-state index contributed by atoms with van der Waals surface area (Å²) < 4.78 is 4.97. The molecule has 0 aliphatic carbocycles. The number of benzene rings is 1. The predicted molar refractivity (Wildman–Crippen MR) is 57.5 cm³/mol. The zero-order valence-electron chi connectivity index (χ0n) is 9.00. The molecule has 1 aromatic carbocycles. The van der Waals surface area contributed by atoms with Gasteiger partial charge in [0.2, 0.25) is 0 Å². The first-order chi connectivity index (χ1) is 7.06. The van der Waals surface area contributed by atoms with E-state index in [2.05, 4.69) is 0 Å². The molecule has 15 heavy (non-hydrogen) atoms. The molecule has 0 aliphatic heterocycles. The van der Waals surface area contributed by atoms with Gasteiger partial charge in [0.25, 0.3) is 0 Å². The van der Waals surface area contributed by atoms with Gasteiger partial charge in [-0.1, -0.05) is 18.2 Å². The molecule has 0 saturated heterocycles. The Hall–Kier alpha value is -1.10. The van der Waals surface area contributed by atoms with Crippen LogP contribution in [0, 0.1) is 0 Å². The molecule has 2 atom stereocenters. The first-order valence-electron chi connectivity index (χ1n) is 4.75. The molecule has 1 aromatic rings. The fourth-order valence-corrected chi connectivity index (χ4v) is 0.696. The second-order valence-electron chi connectivity index (χ2n) is 3.06. The summed E-state index contributed by atoms with van der Waals surface area (Å²) in [5.74, 6) is 0.692. The maximum atomic E-state index is 8.78. The van der Waals surface area contributed by atoms with Crippen LogP contribution in [-0.2, 0) is 0 Å². The van der Waals surface area contributed by atoms with E-state index < -0.39 is 12.4 Å². The van der Waals surface area contributed by atoms with Crippen LogP contribution in [0.1, 0.15) is 13.8 Å². The minimum absolute atomic E-state index is 0.139. The van der Waals surface area contributed by atoms with Crippen LogP contribution in [0.2, 0.25) is 0 Å². The zero-order chi connectivity index (χ0) is 11.7. The van der Waals surface area contributed by atoms with E-state index in [1.54, 1.807) is 19.1 Å². The molecular formula is C11H18O4. The molecular weight excluding hydrogens is 196 g/mol. The van der Waals surface area contributed by atoms with Crippen molar-refractivity contribution in [1.29, 1.82) is 0 Å². The number of para-hydroxylation sites is 1. The highest BCUT2D eigenvalue weighted by Crippen LogP contribution is 2.09. The third-order valence-corrected chi connectivity index (χ3v) is 1.31. The van der Waals surface area contributed by atoms with E-state index in [0.717, 1.165) is 0 Å². The minimum atomic E-state index is -0.734. The summed E-state index contributed by atoms with van der Waals surface area (Å²) in [4.78, 5) is 0. The van der Waals surface area contributed by atoms with Gasteiger partial charge < -0.3 is 20.1 Å². The molecule has 0 aromatic heterocycles. The molecule has 86 valence electrons.